The molecular formula is C11H23Cl. The van der Waals surface area contributed by atoms with Crippen molar-refractivity contribution in [3.05, 3.63) is 0 Å². The van der Waals surface area contributed by atoms with Gasteiger partial charge in [-0.1, -0.05) is 40.0 Å². The summed E-state index contributed by atoms with van der Waals surface area (Å²) in [5.41, 5.74) is 0. The quantitative estimate of drug-likeness (QED) is 0.520. The van der Waals surface area contributed by atoms with E-state index < -0.39 is 0 Å². The van der Waals surface area contributed by atoms with Crippen molar-refractivity contribution in [2.24, 2.45) is 11.8 Å². The minimum absolute atomic E-state index is 0.828. The third kappa shape index (κ3) is 8.39. The summed E-state index contributed by atoms with van der Waals surface area (Å²) in [5, 5.41) is 0. The molecule has 0 nitrogen and oxygen atoms in total. The molecule has 0 heterocycles. The molecule has 1 atom stereocenters. The van der Waals surface area contributed by atoms with Crippen molar-refractivity contribution in [2.75, 3.05) is 5.88 Å². The Labute approximate surface area is 82.7 Å². The highest BCUT2D eigenvalue weighted by Gasteiger charge is 2.02. The van der Waals surface area contributed by atoms with Crippen LogP contribution in [-0.2, 0) is 0 Å². The van der Waals surface area contributed by atoms with E-state index in [9.17, 15) is 0 Å². The summed E-state index contributed by atoms with van der Waals surface area (Å²) in [5.74, 6) is 2.57. The lowest BCUT2D eigenvalue weighted by Crippen LogP contribution is -1.97. The van der Waals surface area contributed by atoms with Gasteiger partial charge in [-0.3, -0.25) is 0 Å². The molecule has 1 unspecified atom stereocenters. The van der Waals surface area contributed by atoms with Gasteiger partial charge in [-0.2, -0.15) is 0 Å². The largest absolute Gasteiger partial charge is 0.127 e. The first kappa shape index (κ1) is 12.3. The van der Waals surface area contributed by atoms with Gasteiger partial charge in [0.25, 0.3) is 0 Å². The van der Waals surface area contributed by atoms with Gasteiger partial charge in [0.2, 0.25) is 0 Å². The van der Waals surface area contributed by atoms with Crippen LogP contribution < -0.4 is 0 Å². The lowest BCUT2D eigenvalue weighted by atomic mass is 9.96. The number of hydrogen-bond acceptors (Lipinski definition) is 0. The summed E-state index contributed by atoms with van der Waals surface area (Å²) in [4.78, 5) is 0. The number of alkyl halides is 1. The fourth-order valence-electron chi connectivity index (χ4n) is 1.44. The van der Waals surface area contributed by atoms with E-state index in [1.54, 1.807) is 0 Å². The third-order valence-electron chi connectivity index (χ3n) is 2.31. The van der Waals surface area contributed by atoms with Crippen LogP contribution in [0.25, 0.3) is 0 Å². The van der Waals surface area contributed by atoms with Gasteiger partial charge >= 0.3 is 0 Å². The molecular weight excluding hydrogens is 168 g/mol. The summed E-state index contributed by atoms with van der Waals surface area (Å²) in [6.45, 7) is 6.93. The molecule has 12 heavy (non-hydrogen) atoms. The lowest BCUT2D eigenvalue weighted by molar-refractivity contribution is 0.434. The maximum atomic E-state index is 5.63. The minimum Gasteiger partial charge on any atom is -0.127 e. The normalized spacial score (nSPS) is 13.8. The van der Waals surface area contributed by atoms with E-state index in [0.717, 1.165) is 17.7 Å². The van der Waals surface area contributed by atoms with Gasteiger partial charge in [0.05, 0.1) is 0 Å². The van der Waals surface area contributed by atoms with Crippen LogP contribution in [0.4, 0.5) is 0 Å². The molecule has 0 N–H and O–H groups in total. The summed E-state index contributed by atoms with van der Waals surface area (Å²) >= 11 is 5.63. The fourth-order valence-corrected chi connectivity index (χ4v) is 1.60. The standard InChI is InChI=1S/C11H23Cl/c1-10(2)6-4-7-11(3)8-5-9-12/h10-11H,4-9H2,1-3H3. The second kappa shape index (κ2) is 7.91. The second-order valence-electron chi connectivity index (χ2n) is 4.26. The van der Waals surface area contributed by atoms with Crippen molar-refractivity contribution in [2.45, 2.75) is 52.9 Å². The highest BCUT2D eigenvalue weighted by molar-refractivity contribution is 6.17. The molecule has 0 fully saturated rings. The Balaban J connectivity index is 3.13. The molecule has 0 spiro atoms. The van der Waals surface area contributed by atoms with Gasteiger partial charge in [-0.25, -0.2) is 0 Å². The predicted octanol–water partition coefficient (Wildman–Crippen LogP) is 4.47. The van der Waals surface area contributed by atoms with Crippen LogP contribution in [0, 0.1) is 11.8 Å². The molecule has 0 saturated carbocycles. The van der Waals surface area contributed by atoms with Crippen LogP contribution in [0.5, 0.6) is 0 Å². The molecule has 0 aliphatic heterocycles. The Kier molecular flexibility index (Phi) is 8.11. The number of halogens is 1. The lowest BCUT2D eigenvalue weighted by Gasteiger charge is -2.10. The van der Waals surface area contributed by atoms with Crippen molar-refractivity contribution in [3.8, 4) is 0 Å². The Morgan fingerprint density at radius 1 is 0.917 bits per heavy atom. The first-order valence-electron chi connectivity index (χ1n) is 5.22. The average Bonchev–Trinajstić information content (AvgIpc) is 2.00. The zero-order valence-corrected chi connectivity index (χ0v) is 9.53. The second-order valence-corrected chi connectivity index (χ2v) is 4.64. The monoisotopic (exact) mass is 190 g/mol. The van der Waals surface area contributed by atoms with E-state index in [2.05, 4.69) is 20.8 Å². The van der Waals surface area contributed by atoms with Crippen LogP contribution in [0.1, 0.15) is 52.9 Å². The summed E-state index contributed by atoms with van der Waals surface area (Å²) in [6, 6.07) is 0. The van der Waals surface area contributed by atoms with E-state index in [1.807, 2.05) is 0 Å². The van der Waals surface area contributed by atoms with E-state index >= 15 is 0 Å². The number of rotatable bonds is 7. The molecule has 0 aromatic carbocycles. The van der Waals surface area contributed by atoms with E-state index in [4.69, 9.17) is 11.6 Å². The van der Waals surface area contributed by atoms with Crippen molar-refractivity contribution in [1.29, 1.82) is 0 Å². The van der Waals surface area contributed by atoms with Crippen LogP contribution in [0.3, 0.4) is 0 Å². The molecule has 1 heteroatoms. The van der Waals surface area contributed by atoms with E-state index in [-0.39, 0.29) is 0 Å². The number of hydrogen-bond donors (Lipinski definition) is 0. The molecule has 0 aliphatic rings. The smallest absolute Gasteiger partial charge is 0.0223 e. The van der Waals surface area contributed by atoms with Gasteiger partial charge in [0.15, 0.2) is 0 Å². The first-order valence-corrected chi connectivity index (χ1v) is 5.76. The maximum Gasteiger partial charge on any atom is 0.0223 e. The SMILES string of the molecule is CC(C)CCCC(C)CCCCl. The minimum atomic E-state index is 0.828. The Morgan fingerprint density at radius 3 is 2.00 bits per heavy atom. The van der Waals surface area contributed by atoms with Gasteiger partial charge in [-0.15, -0.1) is 11.6 Å². The van der Waals surface area contributed by atoms with Gasteiger partial charge in [0, 0.05) is 5.88 Å². The Bertz CT molecular complexity index is 89.0. The predicted molar refractivity (Wildman–Crippen MR) is 57.8 cm³/mol. The van der Waals surface area contributed by atoms with Crippen LogP contribution in [0.2, 0.25) is 0 Å². The highest BCUT2D eigenvalue weighted by atomic mass is 35.5. The molecule has 0 rings (SSSR count). The zero-order valence-electron chi connectivity index (χ0n) is 8.78. The Morgan fingerprint density at radius 2 is 1.50 bits per heavy atom. The summed E-state index contributed by atoms with van der Waals surface area (Å²) < 4.78 is 0. The maximum absolute atomic E-state index is 5.63. The average molecular weight is 191 g/mol. The Hall–Kier alpha value is 0.290. The van der Waals surface area contributed by atoms with E-state index in [1.165, 1.54) is 32.1 Å². The molecule has 0 aromatic rings. The molecule has 0 saturated heterocycles. The highest BCUT2D eigenvalue weighted by Crippen LogP contribution is 2.16. The van der Waals surface area contributed by atoms with E-state index in [0.29, 0.717) is 0 Å². The molecule has 0 amide bonds. The molecule has 0 bridgehead atoms. The fraction of sp³-hybridized carbons (Fsp3) is 1.00. The first-order chi connectivity index (χ1) is 5.66. The van der Waals surface area contributed by atoms with Crippen LogP contribution in [0.15, 0.2) is 0 Å². The topological polar surface area (TPSA) is 0 Å². The van der Waals surface area contributed by atoms with Crippen molar-refractivity contribution in [3.63, 3.8) is 0 Å². The van der Waals surface area contributed by atoms with Crippen molar-refractivity contribution < 1.29 is 0 Å². The van der Waals surface area contributed by atoms with Crippen LogP contribution >= 0.6 is 11.6 Å². The van der Waals surface area contributed by atoms with Crippen LogP contribution in [-0.4, -0.2) is 5.88 Å². The van der Waals surface area contributed by atoms with Crippen molar-refractivity contribution in [1.82, 2.24) is 0 Å². The van der Waals surface area contributed by atoms with Gasteiger partial charge in [0.1, 0.15) is 0 Å². The van der Waals surface area contributed by atoms with Gasteiger partial charge in [-0.05, 0) is 24.7 Å². The van der Waals surface area contributed by atoms with Crippen molar-refractivity contribution >= 4 is 11.6 Å². The molecule has 0 aliphatic carbocycles. The molecule has 74 valence electrons. The van der Waals surface area contributed by atoms with Gasteiger partial charge < -0.3 is 0 Å². The summed E-state index contributed by atoms with van der Waals surface area (Å²) in [7, 11) is 0. The molecule has 0 aromatic heterocycles. The molecule has 0 radical (unpaired) electrons. The zero-order chi connectivity index (χ0) is 9.40. The summed E-state index contributed by atoms with van der Waals surface area (Å²) in [6.07, 6.45) is 6.65. The third-order valence-corrected chi connectivity index (χ3v) is 2.58.